The first-order valence-corrected chi connectivity index (χ1v) is 22.0. The van der Waals surface area contributed by atoms with Crippen LogP contribution in [0.15, 0.2) is 72.8 Å². The number of aromatic nitrogens is 3. The van der Waals surface area contributed by atoms with E-state index in [1.165, 1.54) is 0 Å². The lowest BCUT2D eigenvalue weighted by molar-refractivity contribution is -0.127. The van der Waals surface area contributed by atoms with Gasteiger partial charge in [0.15, 0.2) is 11.6 Å². The van der Waals surface area contributed by atoms with Crippen LogP contribution in [0.5, 0.6) is 0 Å². The fourth-order valence-electron chi connectivity index (χ4n) is 8.14. The number of anilines is 2. The van der Waals surface area contributed by atoms with Crippen molar-refractivity contribution in [2.45, 2.75) is 111 Å². The Balaban J connectivity index is 1.10. The number of hydrogen-bond acceptors (Lipinski definition) is 9. The first kappa shape index (κ1) is 45.5. The zero-order valence-electron chi connectivity index (χ0n) is 36.6. The molecule has 1 aliphatic carbocycles. The highest BCUT2D eigenvalue weighted by Gasteiger charge is 2.35. The molecule has 0 saturated heterocycles. The van der Waals surface area contributed by atoms with E-state index in [0.717, 1.165) is 83.0 Å². The van der Waals surface area contributed by atoms with Gasteiger partial charge >= 0.3 is 12.1 Å². The van der Waals surface area contributed by atoms with Crippen LogP contribution in [0.4, 0.5) is 21.1 Å². The number of amides is 4. The van der Waals surface area contributed by atoms with Crippen LogP contribution in [0, 0.1) is 17.3 Å². The quantitative estimate of drug-likeness (QED) is 0.0455. The number of primary amides is 1. The number of imidazole rings is 1. The van der Waals surface area contributed by atoms with Gasteiger partial charge in [0.05, 0.1) is 17.1 Å². The summed E-state index contributed by atoms with van der Waals surface area (Å²) < 4.78 is 8.18. The molecule has 5 aromatic rings. The lowest BCUT2D eigenvalue weighted by Crippen LogP contribution is -2.43. The number of rotatable bonds is 21. The summed E-state index contributed by atoms with van der Waals surface area (Å²) in [5.74, 6) is 0.225. The number of nitrogens with two attached hydrogens (primary N) is 3. The molecule has 0 unspecified atom stereocenters. The molecule has 1 aliphatic rings. The number of ether oxygens (including phenoxy) is 1. The van der Waals surface area contributed by atoms with Crippen LogP contribution in [0.25, 0.3) is 21.9 Å². The van der Waals surface area contributed by atoms with E-state index in [0.29, 0.717) is 44.0 Å². The van der Waals surface area contributed by atoms with Gasteiger partial charge in [0.25, 0.3) is 0 Å². The molecule has 2 heterocycles. The van der Waals surface area contributed by atoms with Crippen LogP contribution >= 0.6 is 0 Å². The molecule has 0 radical (unpaired) electrons. The number of hydrogen-bond donors (Lipinski definition) is 5. The fourth-order valence-corrected chi connectivity index (χ4v) is 8.14. The molecule has 2 aromatic heterocycles. The Morgan fingerprint density at radius 2 is 1.63 bits per heavy atom. The average Bonchev–Trinajstić information content (AvgIpc) is 3.61. The maximum atomic E-state index is 13.8. The maximum Gasteiger partial charge on any atom is 0.410 e. The topological polar surface area (TPSA) is 214 Å². The molecule has 0 bridgehead atoms. The molecule has 3 aromatic carbocycles. The molecule has 14 nitrogen and oxygen atoms in total. The number of para-hydroxylation sites is 1. The first-order chi connectivity index (χ1) is 29.7. The average molecular weight is 846 g/mol. The number of Topliss-reactive ketones (excluding diaryl/α,β-unsaturated/α-hetero) is 1. The van der Waals surface area contributed by atoms with Crippen LogP contribution in [-0.4, -0.2) is 62.4 Å². The molecule has 0 spiro atoms. The van der Waals surface area contributed by atoms with Gasteiger partial charge in [-0.3, -0.25) is 9.59 Å². The van der Waals surface area contributed by atoms with E-state index < -0.39 is 18.0 Å². The first-order valence-electron chi connectivity index (χ1n) is 22.0. The zero-order valence-corrected chi connectivity index (χ0v) is 36.6. The van der Waals surface area contributed by atoms with Crippen LogP contribution in [0.1, 0.15) is 102 Å². The number of aryl methyl sites for hydroxylation is 1. The van der Waals surface area contributed by atoms with Crippen LogP contribution in [0.2, 0.25) is 0 Å². The summed E-state index contributed by atoms with van der Waals surface area (Å²) in [7, 11) is 0. The summed E-state index contributed by atoms with van der Waals surface area (Å²) in [6.07, 6.45) is 6.60. The van der Waals surface area contributed by atoms with Gasteiger partial charge in [-0.15, -0.1) is 0 Å². The summed E-state index contributed by atoms with van der Waals surface area (Å²) in [4.78, 5) is 62.5. The van der Waals surface area contributed by atoms with Gasteiger partial charge in [0.2, 0.25) is 5.91 Å². The van der Waals surface area contributed by atoms with E-state index in [4.69, 9.17) is 26.9 Å². The predicted molar refractivity (Wildman–Crippen MR) is 244 cm³/mol. The summed E-state index contributed by atoms with van der Waals surface area (Å²) in [5, 5.41) is 6.46. The van der Waals surface area contributed by atoms with E-state index in [1.807, 2.05) is 36.9 Å². The smallest absolute Gasteiger partial charge is 0.410 e. The van der Waals surface area contributed by atoms with E-state index >= 15 is 0 Å². The van der Waals surface area contributed by atoms with Crippen molar-refractivity contribution in [1.82, 2.24) is 24.8 Å². The van der Waals surface area contributed by atoms with Crippen molar-refractivity contribution in [3.8, 4) is 0 Å². The van der Waals surface area contributed by atoms with Gasteiger partial charge in [-0.05, 0) is 78.3 Å². The van der Waals surface area contributed by atoms with Gasteiger partial charge in [-0.1, -0.05) is 95.1 Å². The van der Waals surface area contributed by atoms with Gasteiger partial charge in [-0.25, -0.2) is 19.6 Å². The molecular formula is C48H63N9O5. The normalized spacial score (nSPS) is 14.3. The largest absolute Gasteiger partial charge is 0.445 e. The Hall–Kier alpha value is -6.02. The minimum Gasteiger partial charge on any atom is -0.445 e. The van der Waals surface area contributed by atoms with Crippen LogP contribution in [-0.2, 0) is 40.4 Å². The van der Waals surface area contributed by atoms with Crippen LogP contribution < -0.4 is 27.8 Å². The summed E-state index contributed by atoms with van der Waals surface area (Å²) in [5.41, 5.74) is 23.7. The van der Waals surface area contributed by atoms with Crippen molar-refractivity contribution in [3.63, 3.8) is 0 Å². The fraction of sp³-hybridized carbons (Fsp3) is 0.458. The van der Waals surface area contributed by atoms with Gasteiger partial charge in [-0.2, -0.15) is 0 Å². The summed E-state index contributed by atoms with van der Waals surface area (Å²) >= 11 is 0. The molecule has 8 N–H and O–H groups in total. The van der Waals surface area contributed by atoms with Crippen molar-refractivity contribution < 1.29 is 23.9 Å². The summed E-state index contributed by atoms with van der Waals surface area (Å²) in [6.45, 7) is 10.1. The number of pyridine rings is 1. The number of nitrogen functional groups attached to an aromatic ring is 1. The molecule has 4 amide bonds. The van der Waals surface area contributed by atoms with Gasteiger partial charge in [0.1, 0.15) is 17.9 Å². The minimum absolute atomic E-state index is 0.00988. The number of nitrogens with zero attached hydrogens (tertiary/aromatic N) is 4. The molecule has 14 heteroatoms. The van der Waals surface area contributed by atoms with E-state index in [9.17, 15) is 19.2 Å². The number of unbranched alkanes of at least 4 members (excludes halogenated alkanes) is 1. The van der Waals surface area contributed by atoms with Gasteiger partial charge < -0.3 is 42.0 Å². The number of benzene rings is 3. The number of urea groups is 1. The van der Waals surface area contributed by atoms with Crippen molar-refractivity contribution in [3.05, 3.63) is 95.3 Å². The number of nitrogens with one attached hydrogen (secondary N) is 2. The van der Waals surface area contributed by atoms with Crippen molar-refractivity contribution in [2.24, 2.45) is 28.7 Å². The lowest BCUT2D eigenvalue weighted by Gasteiger charge is -2.42. The minimum atomic E-state index is -0.673. The van der Waals surface area contributed by atoms with E-state index in [1.54, 1.807) is 24.3 Å². The van der Waals surface area contributed by atoms with Crippen molar-refractivity contribution in [2.75, 3.05) is 24.1 Å². The predicted octanol–water partition coefficient (Wildman–Crippen LogP) is 7.83. The van der Waals surface area contributed by atoms with E-state index in [-0.39, 0.29) is 48.7 Å². The van der Waals surface area contributed by atoms with E-state index in [2.05, 4.69) is 64.4 Å². The second-order valence-electron chi connectivity index (χ2n) is 17.6. The Kier molecular flexibility index (Phi) is 15.2. The molecule has 1 saturated carbocycles. The highest BCUT2D eigenvalue weighted by molar-refractivity contribution is 6.06. The Morgan fingerprint density at radius 1 is 0.935 bits per heavy atom. The molecule has 330 valence electrons. The highest BCUT2D eigenvalue weighted by Crippen LogP contribution is 2.41. The number of fused-ring (bicyclic) bond motifs is 3. The SMILES string of the molecule is CCCCc1nc2c(N)nc3ccccc3c2n1Cc1ccc(CN(CC2(C)CCC2)C(=O)OCc2ccc(NC(=O)[C@H](CCCNC(N)=O)CC(=O)[C@@H](N)C(C)C)cc2)cc1. The monoisotopic (exact) mass is 845 g/mol. The molecule has 6 rings (SSSR count). The third-order valence-electron chi connectivity index (χ3n) is 12.1. The maximum absolute atomic E-state index is 13.8. The number of carbonyl (C=O) groups excluding carboxylic acids is 4. The summed E-state index contributed by atoms with van der Waals surface area (Å²) in [6, 6.07) is 22.2. The Bertz CT molecular complexity index is 2340. The third-order valence-corrected chi connectivity index (χ3v) is 12.1. The van der Waals surface area contributed by atoms with Gasteiger partial charge in [0, 0.05) is 56.0 Å². The van der Waals surface area contributed by atoms with Crippen molar-refractivity contribution >= 4 is 57.3 Å². The second-order valence-corrected chi connectivity index (χ2v) is 17.6. The highest BCUT2D eigenvalue weighted by atomic mass is 16.6. The second kappa shape index (κ2) is 20.7. The standard InChI is InChI=1S/C48H63N9O5/c1-5-6-14-40-55-42-43(37-12-7-8-13-38(37)54-44(42)50)57(40)28-33-17-15-32(16-18-33)27-56(30-48(4)23-10-24-48)47(61)62-29-34-19-21-36(22-20-34)53-45(59)35(11-9-25-52-46(51)60)26-39(58)41(49)31(2)3/h7-8,12-13,15-22,31,35,41H,5-6,9-11,14,23-30,49H2,1-4H3,(H2,50,54)(H,53,59)(H3,51,52,60)/t35-,41+/m1/s1. The number of carbonyl (C=O) groups is 4. The number of ketones is 1. The molecule has 2 atom stereocenters. The Morgan fingerprint density at radius 3 is 2.29 bits per heavy atom. The van der Waals surface area contributed by atoms with Crippen LogP contribution in [0.3, 0.4) is 0 Å². The Labute approximate surface area is 364 Å². The zero-order chi connectivity index (χ0) is 44.4. The third kappa shape index (κ3) is 11.7. The molecule has 1 fully saturated rings. The molecule has 62 heavy (non-hydrogen) atoms. The molecule has 0 aliphatic heterocycles. The molecular weight excluding hydrogens is 783 g/mol. The van der Waals surface area contributed by atoms with Crippen molar-refractivity contribution in [1.29, 1.82) is 0 Å². The lowest BCUT2D eigenvalue weighted by atomic mass is 9.70.